The molecular weight excluding hydrogens is 633 g/mol. The van der Waals surface area contributed by atoms with Crippen LogP contribution in [0.15, 0.2) is 78.2 Å². The smallest absolute Gasteiger partial charge is 0.416 e. The zero-order chi connectivity index (χ0) is 37.9. The third kappa shape index (κ3) is 18.4. The molecule has 48 heavy (non-hydrogen) atoms. The molecule has 0 aliphatic heterocycles. The van der Waals surface area contributed by atoms with E-state index in [4.69, 9.17) is 5.11 Å². The van der Waals surface area contributed by atoms with Crippen molar-refractivity contribution >= 4 is 29.4 Å². The molecule has 0 unspecified atom stereocenters. The second-order valence-electron chi connectivity index (χ2n) is 8.80. The predicted octanol–water partition coefficient (Wildman–Crippen LogP) is 10.3. The fourth-order valence-electron chi connectivity index (χ4n) is 3.50. The monoisotopic (exact) mass is 683 g/mol. The van der Waals surface area contributed by atoms with Crippen molar-refractivity contribution < 1.29 is 41.8 Å². The van der Waals surface area contributed by atoms with E-state index in [0.29, 0.717) is 11.6 Å². The molecule has 0 heterocycles. The number of hydrogen-bond acceptors (Lipinski definition) is 5. The molecule has 0 saturated heterocycles. The lowest BCUT2D eigenvalue weighted by atomic mass is 9.99. The number of nitrogens with zero attached hydrogens (tertiary/aromatic N) is 1. The van der Waals surface area contributed by atoms with E-state index < -0.39 is 47.0 Å². The van der Waals surface area contributed by atoms with Crippen LogP contribution in [0.4, 0.5) is 27.6 Å². The van der Waals surface area contributed by atoms with E-state index in [1.807, 2.05) is 46.9 Å². The molecule has 0 atom stereocenters. The van der Waals surface area contributed by atoms with E-state index in [1.54, 1.807) is 19.1 Å². The summed E-state index contributed by atoms with van der Waals surface area (Å²) in [7, 11) is 0. The van der Waals surface area contributed by atoms with Crippen LogP contribution in [0.3, 0.4) is 0 Å². The van der Waals surface area contributed by atoms with Crippen molar-refractivity contribution in [3.8, 4) is 0 Å². The molecule has 1 amide bonds. The number of amides is 1. The topological polar surface area (TPSA) is 111 Å². The zero-order valence-corrected chi connectivity index (χ0v) is 29.2. The van der Waals surface area contributed by atoms with Gasteiger partial charge < -0.3 is 21.0 Å². The molecular formula is C36H50F5N3O4. The number of aliphatic carboxylic acids is 1. The molecule has 0 spiro atoms. The molecule has 12 heteroatoms. The number of nitrogens with one attached hydrogen (secondary N) is 2. The number of rotatable bonds is 11. The number of aliphatic hydroxyl groups is 1. The summed E-state index contributed by atoms with van der Waals surface area (Å²) in [6.07, 6.45) is 4.85. The molecule has 0 aliphatic rings. The van der Waals surface area contributed by atoms with Crippen LogP contribution in [0, 0.1) is 11.6 Å². The maximum atomic E-state index is 14.5. The van der Waals surface area contributed by atoms with Gasteiger partial charge in [-0.3, -0.25) is 9.59 Å². The van der Waals surface area contributed by atoms with Gasteiger partial charge >= 0.3 is 12.1 Å². The summed E-state index contributed by atoms with van der Waals surface area (Å²) in [5.74, 6) is -3.53. The number of aliphatic hydroxyl groups excluding tert-OH is 1. The van der Waals surface area contributed by atoms with Crippen LogP contribution < -0.4 is 10.7 Å². The van der Waals surface area contributed by atoms with Gasteiger partial charge in [0.05, 0.1) is 35.5 Å². The number of benzene rings is 2. The maximum Gasteiger partial charge on any atom is 0.416 e. The largest absolute Gasteiger partial charge is 0.510 e. The maximum absolute atomic E-state index is 14.5. The summed E-state index contributed by atoms with van der Waals surface area (Å²) < 4.78 is 67.4. The first-order valence-electron chi connectivity index (χ1n) is 15.3. The third-order valence-electron chi connectivity index (χ3n) is 5.30. The molecule has 4 N–H and O–H groups in total. The highest BCUT2D eigenvalue weighted by atomic mass is 19.4. The Bertz CT molecular complexity index is 1380. The SMILES string of the molecule is C/C=C/CC.C/C=C\C(=C(\O)CN/N=C(\C)c1c(F)cc(C(F)(F)F)cc1NC=O)c1ccc(F)c(CC(=O)O)c1.C=CC.CC.CC. The van der Waals surface area contributed by atoms with Crippen molar-refractivity contribution in [2.24, 2.45) is 5.10 Å². The third-order valence-corrected chi connectivity index (χ3v) is 5.30. The van der Waals surface area contributed by atoms with Crippen molar-refractivity contribution in [1.82, 2.24) is 5.43 Å². The number of carbonyl (C=O) groups is 2. The molecule has 0 bridgehead atoms. The van der Waals surface area contributed by atoms with Crippen LogP contribution in [-0.2, 0) is 22.2 Å². The molecule has 2 aromatic rings. The summed E-state index contributed by atoms with van der Waals surface area (Å²) >= 11 is 0. The lowest BCUT2D eigenvalue weighted by Gasteiger charge is -2.14. The Labute approximate surface area is 281 Å². The van der Waals surface area contributed by atoms with Crippen LogP contribution in [0.1, 0.15) is 91.0 Å². The minimum absolute atomic E-state index is 0.0930. The van der Waals surface area contributed by atoms with Crippen LogP contribution in [-0.4, -0.2) is 34.8 Å². The molecule has 0 saturated carbocycles. The van der Waals surface area contributed by atoms with Gasteiger partial charge in [-0.1, -0.05) is 71.1 Å². The number of halogens is 5. The minimum Gasteiger partial charge on any atom is -0.510 e. The van der Waals surface area contributed by atoms with E-state index in [-0.39, 0.29) is 41.6 Å². The van der Waals surface area contributed by atoms with Crippen LogP contribution >= 0.6 is 0 Å². The Hall–Kier alpha value is -4.74. The standard InChI is InChI=1S/C24H22F5N3O4.C5H10.C3H6.2C2H6/c1-3-4-17(14-5-6-18(25)15(7-14)8-22(35)36)21(34)11-31-32-13(2)23-19(26)9-16(24(27,28)29)10-20(23)30-12-33;1-3-5-4-2;1-3-2;2*1-2/h3-7,9-10,12,31,34H,8,11H2,1-2H3,(H,30,33)(H,35,36);3,5H,4H2,1-2H3;3H,1H2,2H3;2*1-2H3/b4-3-,21-17-,32-13+;5-3+;;;. The fourth-order valence-corrected chi connectivity index (χ4v) is 3.50. The van der Waals surface area contributed by atoms with Gasteiger partial charge in [-0.15, -0.1) is 6.58 Å². The quantitative estimate of drug-likeness (QED) is 0.0358. The lowest BCUT2D eigenvalue weighted by Crippen LogP contribution is -2.17. The highest BCUT2D eigenvalue weighted by molar-refractivity contribution is 6.05. The predicted molar refractivity (Wildman–Crippen MR) is 187 cm³/mol. The van der Waals surface area contributed by atoms with E-state index in [9.17, 15) is 36.6 Å². The first-order chi connectivity index (χ1) is 22.7. The molecule has 0 fully saturated rings. The number of hydrazone groups is 1. The number of carboxylic acids is 1. The van der Waals surface area contributed by atoms with Gasteiger partial charge in [0, 0.05) is 5.57 Å². The summed E-state index contributed by atoms with van der Waals surface area (Å²) in [6.45, 7) is 20.0. The number of alkyl halides is 3. The highest BCUT2D eigenvalue weighted by Crippen LogP contribution is 2.34. The molecule has 0 aromatic heterocycles. The van der Waals surface area contributed by atoms with Gasteiger partial charge in [-0.25, -0.2) is 8.78 Å². The van der Waals surface area contributed by atoms with Crippen LogP contribution in [0.2, 0.25) is 0 Å². The number of hydrogen-bond donors (Lipinski definition) is 4. The van der Waals surface area contributed by atoms with Crippen LogP contribution in [0.25, 0.3) is 5.57 Å². The van der Waals surface area contributed by atoms with Crippen LogP contribution in [0.5, 0.6) is 0 Å². The van der Waals surface area contributed by atoms with E-state index in [0.717, 1.165) is 12.5 Å². The molecule has 2 aromatic carbocycles. The van der Waals surface area contributed by atoms with E-state index in [1.165, 1.54) is 25.1 Å². The lowest BCUT2D eigenvalue weighted by molar-refractivity contribution is -0.138. The Balaban J connectivity index is -0.00000147. The average molecular weight is 684 g/mol. The molecule has 268 valence electrons. The highest BCUT2D eigenvalue weighted by Gasteiger charge is 2.32. The first kappa shape index (κ1) is 47.7. The number of anilines is 1. The Morgan fingerprint density at radius 3 is 2.00 bits per heavy atom. The average Bonchev–Trinajstić information content (AvgIpc) is 3.03. The summed E-state index contributed by atoms with van der Waals surface area (Å²) in [4.78, 5) is 21.8. The van der Waals surface area contributed by atoms with Crippen molar-refractivity contribution in [3.05, 3.63) is 107 Å². The summed E-state index contributed by atoms with van der Waals surface area (Å²) in [5.41, 5.74) is 0.633. The number of carboxylic acid groups (broad SMARTS) is 1. The Morgan fingerprint density at radius 2 is 1.56 bits per heavy atom. The van der Waals surface area contributed by atoms with Crippen molar-refractivity contribution in [2.45, 2.75) is 81.3 Å². The number of allylic oxidation sites excluding steroid dienone is 6. The molecule has 7 nitrogen and oxygen atoms in total. The van der Waals surface area contributed by atoms with Gasteiger partial charge in [-0.05, 0) is 69.5 Å². The Morgan fingerprint density at radius 1 is 0.979 bits per heavy atom. The normalized spacial score (nSPS) is 11.2. The van der Waals surface area contributed by atoms with Crippen molar-refractivity contribution in [1.29, 1.82) is 0 Å². The van der Waals surface area contributed by atoms with Gasteiger partial charge in [0.2, 0.25) is 6.41 Å². The molecule has 0 aliphatic carbocycles. The van der Waals surface area contributed by atoms with Gasteiger partial charge in [0.1, 0.15) is 17.4 Å². The summed E-state index contributed by atoms with van der Waals surface area (Å²) in [6, 6.07) is 4.52. The Kier molecular flexibility index (Phi) is 27.2. The molecule has 2 rings (SSSR count). The molecule has 0 radical (unpaired) electrons. The minimum atomic E-state index is -4.84. The van der Waals surface area contributed by atoms with E-state index >= 15 is 0 Å². The van der Waals surface area contributed by atoms with Crippen molar-refractivity contribution in [2.75, 3.05) is 11.9 Å². The zero-order valence-electron chi connectivity index (χ0n) is 29.2. The fraction of sp³-hybridized carbons (Fsp3) is 0.361. The number of carbonyl (C=O) groups excluding carboxylic acids is 1. The van der Waals surface area contributed by atoms with Gasteiger partial charge in [0.15, 0.2) is 0 Å². The second-order valence-corrected chi connectivity index (χ2v) is 8.80. The van der Waals surface area contributed by atoms with Gasteiger partial charge in [0.25, 0.3) is 0 Å². The van der Waals surface area contributed by atoms with Crippen molar-refractivity contribution in [3.63, 3.8) is 0 Å². The van der Waals surface area contributed by atoms with Gasteiger partial charge in [-0.2, -0.15) is 18.3 Å². The summed E-state index contributed by atoms with van der Waals surface area (Å²) in [5, 5.41) is 25.4. The second kappa shape index (κ2) is 27.4. The first-order valence-corrected chi connectivity index (χ1v) is 15.3. The van der Waals surface area contributed by atoms with E-state index in [2.05, 4.69) is 36.2 Å².